The molecule has 1 fully saturated rings. The fourth-order valence-corrected chi connectivity index (χ4v) is 1.51. The van der Waals surface area contributed by atoms with E-state index < -0.39 is 5.62 Å². The fourth-order valence-electron chi connectivity index (χ4n) is 1.24. The third kappa shape index (κ3) is 2.48. The molecule has 1 atom stereocenters. The first-order chi connectivity index (χ1) is 4.83. The van der Waals surface area contributed by atoms with Gasteiger partial charge >= 0.3 is 0 Å². The fraction of sp³-hybridized carbons (Fsp3) is 1.00. The van der Waals surface area contributed by atoms with Crippen LogP contribution < -0.4 is 0 Å². The maximum atomic E-state index is 9.06. The van der Waals surface area contributed by atoms with Crippen molar-refractivity contribution >= 4 is 11.8 Å². The Hall–Kier alpha value is 0.270. The molecule has 1 saturated carbocycles. The van der Waals surface area contributed by atoms with Crippen LogP contribution in [-0.2, 0) is 4.74 Å². The monoisotopic (exact) mass is 162 g/mol. The van der Waals surface area contributed by atoms with Gasteiger partial charge in [0.05, 0.1) is 6.10 Å². The van der Waals surface area contributed by atoms with Crippen molar-refractivity contribution in [3.63, 3.8) is 0 Å². The zero-order valence-electron chi connectivity index (χ0n) is 6.25. The molecule has 0 bridgehead atoms. The third-order valence-corrected chi connectivity index (χ3v) is 2.33. The van der Waals surface area contributed by atoms with Crippen molar-refractivity contribution in [1.29, 1.82) is 0 Å². The predicted octanol–water partition coefficient (Wildman–Crippen LogP) is 1.58. The summed E-state index contributed by atoms with van der Waals surface area (Å²) in [5.74, 6) is 0. The second kappa shape index (κ2) is 4.21. The van der Waals surface area contributed by atoms with E-state index in [4.69, 9.17) is 9.84 Å². The lowest BCUT2D eigenvalue weighted by Gasteiger charge is -2.14. The quantitative estimate of drug-likeness (QED) is 0.639. The molecule has 1 aliphatic rings. The minimum absolute atomic E-state index is 0.322. The van der Waals surface area contributed by atoms with Crippen molar-refractivity contribution in [3.8, 4) is 0 Å². The first kappa shape index (κ1) is 8.37. The van der Waals surface area contributed by atoms with E-state index in [1.165, 1.54) is 24.6 Å². The van der Waals surface area contributed by atoms with Gasteiger partial charge in [0.2, 0.25) is 5.62 Å². The van der Waals surface area contributed by atoms with Crippen LogP contribution in [0.3, 0.4) is 0 Å². The summed E-state index contributed by atoms with van der Waals surface area (Å²) < 4.78 is 5.28. The highest BCUT2D eigenvalue weighted by Crippen LogP contribution is 2.23. The molecule has 60 valence electrons. The van der Waals surface area contributed by atoms with Gasteiger partial charge in [-0.1, -0.05) is 12.8 Å². The van der Waals surface area contributed by atoms with Crippen LogP contribution in [0.2, 0.25) is 0 Å². The first-order valence-electron chi connectivity index (χ1n) is 3.69. The van der Waals surface area contributed by atoms with Gasteiger partial charge in [0, 0.05) is 0 Å². The van der Waals surface area contributed by atoms with Gasteiger partial charge in [-0.05, 0) is 19.1 Å². The lowest BCUT2D eigenvalue weighted by molar-refractivity contribution is -0.0735. The van der Waals surface area contributed by atoms with E-state index >= 15 is 0 Å². The molecule has 0 aromatic rings. The van der Waals surface area contributed by atoms with Crippen molar-refractivity contribution in [2.45, 2.75) is 37.4 Å². The molecule has 1 aliphatic carbocycles. The van der Waals surface area contributed by atoms with Crippen molar-refractivity contribution in [2.24, 2.45) is 0 Å². The Bertz CT molecular complexity index is 91.6. The Labute approximate surface area is 66.0 Å². The van der Waals surface area contributed by atoms with E-state index in [-0.39, 0.29) is 0 Å². The molecule has 0 amide bonds. The predicted molar refractivity (Wildman–Crippen MR) is 42.9 cm³/mol. The molecular weight excluding hydrogens is 148 g/mol. The molecule has 0 aliphatic heterocycles. The van der Waals surface area contributed by atoms with Crippen LogP contribution in [0.15, 0.2) is 0 Å². The van der Waals surface area contributed by atoms with Crippen molar-refractivity contribution in [1.82, 2.24) is 0 Å². The molecule has 3 heteroatoms. The molecule has 2 nitrogen and oxygen atoms in total. The minimum Gasteiger partial charge on any atom is -0.360 e. The summed E-state index contributed by atoms with van der Waals surface area (Å²) in [6.45, 7) is 0. The molecule has 1 N–H and O–H groups in total. The summed E-state index contributed by atoms with van der Waals surface area (Å²) in [6, 6.07) is 0. The summed E-state index contributed by atoms with van der Waals surface area (Å²) in [4.78, 5) is 0. The van der Waals surface area contributed by atoms with Gasteiger partial charge in [-0.3, -0.25) is 0 Å². The molecule has 10 heavy (non-hydrogen) atoms. The van der Waals surface area contributed by atoms with E-state index in [2.05, 4.69) is 0 Å². The second-order valence-electron chi connectivity index (χ2n) is 2.59. The third-order valence-electron chi connectivity index (χ3n) is 1.81. The van der Waals surface area contributed by atoms with Crippen LogP contribution in [0.25, 0.3) is 0 Å². The van der Waals surface area contributed by atoms with Crippen molar-refractivity contribution in [2.75, 3.05) is 6.26 Å². The Morgan fingerprint density at radius 3 is 2.60 bits per heavy atom. The van der Waals surface area contributed by atoms with Crippen LogP contribution >= 0.6 is 11.8 Å². The maximum Gasteiger partial charge on any atom is 0.204 e. The molecule has 1 unspecified atom stereocenters. The Kier molecular flexibility index (Phi) is 3.52. The Balaban J connectivity index is 2.11. The number of aliphatic hydroxyl groups excluding tert-OH is 1. The highest BCUT2D eigenvalue weighted by molar-refractivity contribution is 7.98. The second-order valence-corrected chi connectivity index (χ2v) is 3.46. The van der Waals surface area contributed by atoms with E-state index in [1.54, 1.807) is 0 Å². The number of hydrogen-bond donors (Lipinski definition) is 1. The largest absolute Gasteiger partial charge is 0.360 e. The van der Waals surface area contributed by atoms with Gasteiger partial charge in [-0.2, -0.15) is 0 Å². The van der Waals surface area contributed by atoms with Gasteiger partial charge < -0.3 is 9.84 Å². The van der Waals surface area contributed by atoms with Gasteiger partial charge in [0.25, 0.3) is 0 Å². The number of thioether (sulfide) groups is 1. The topological polar surface area (TPSA) is 29.5 Å². The summed E-state index contributed by atoms with van der Waals surface area (Å²) in [5, 5.41) is 9.06. The zero-order valence-corrected chi connectivity index (χ0v) is 7.06. The maximum absolute atomic E-state index is 9.06. The molecule has 0 aromatic carbocycles. The smallest absolute Gasteiger partial charge is 0.204 e. The van der Waals surface area contributed by atoms with E-state index in [0.717, 1.165) is 12.8 Å². The Morgan fingerprint density at radius 2 is 2.10 bits per heavy atom. The van der Waals surface area contributed by atoms with Crippen LogP contribution in [0.4, 0.5) is 0 Å². The van der Waals surface area contributed by atoms with E-state index in [9.17, 15) is 0 Å². The van der Waals surface area contributed by atoms with Crippen LogP contribution in [0.1, 0.15) is 25.7 Å². The molecular formula is C7H14O2S. The SMILES string of the molecule is CSC(O)OC1CCCC1. The molecule has 0 spiro atoms. The van der Waals surface area contributed by atoms with Crippen LogP contribution in [0.5, 0.6) is 0 Å². The van der Waals surface area contributed by atoms with Crippen molar-refractivity contribution in [3.05, 3.63) is 0 Å². The number of hydrogen-bond acceptors (Lipinski definition) is 3. The van der Waals surface area contributed by atoms with Crippen molar-refractivity contribution < 1.29 is 9.84 Å². The zero-order chi connectivity index (χ0) is 7.40. The summed E-state index contributed by atoms with van der Waals surface area (Å²) in [7, 11) is 0. The normalized spacial score (nSPS) is 23.4. The molecule has 0 saturated heterocycles. The summed E-state index contributed by atoms with van der Waals surface area (Å²) in [6.07, 6.45) is 6.93. The highest BCUT2D eigenvalue weighted by Gasteiger charge is 2.17. The summed E-state index contributed by atoms with van der Waals surface area (Å²) >= 11 is 1.34. The highest BCUT2D eigenvalue weighted by atomic mass is 32.2. The van der Waals surface area contributed by atoms with E-state index in [1.807, 2.05) is 6.26 Å². The van der Waals surface area contributed by atoms with Gasteiger partial charge in [-0.25, -0.2) is 0 Å². The van der Waals surface area contributed by atoms with Crippen LogP contribution in [-0.4, -0.2) is 23.1 Å². The minimum atomic E-state index is -0.608. The standard InChI is InChI=1S/C7H14O2S/c1-10-7(8)9-6-4-2-3-5-6/h6-8H,2-5H2,1H3. The lowest BCUT2D eigenvalue weighted by Crippen LogP contribution is -2.15. The molecule has 0 radical (unpaired) electrons. The summed E-state index contributed by atoms with van der Waals surface area (Å²) in [5.41, 5.74) is -0.608. The average molecular weight is 162 g/mol. The number of rotatable bonds is 3. The first-order valence-corrected chi connectivity index (χ1v) is 4.98. The van der Waals surface area contributed by atoms with Gasteiger partial charge in [0.1, 0.15) is 0 Å². The number of ether oxygens (including phenoxy) is 1. The lowest BCUT2D eigenvalue weighted by atomic mass is 10.3. The molecule has 0 aromatic heterocycles. The molecule has 1 rings (SSSR count). The molecule has 0 heterocycles. The van der Waals surface area contributed by atoms with E-state index in [0.29, 0.717) is 6.10 Å². The van der Waals surface area contributed by atoms with Gasteiger partial charge in [-0.15, -0.1) is 11.8 Å². The average Bonchev–Trinajstić information content (AvgIpc) is 2.40. The number of aliphatic hydroxyl groups is 1. The Morgan fingerprint density at radius 1 is 1.50 bits per heavy atom. The van der Waals surface area contributed by atoms with Crippen LogP contribution in [0, 0.1) is 0 Å². The van der Waals surface area contributed by atoms with Gasteiger partial charge in [0.15, 0.2) is 0 Å².